The summed E-state index contributed by atoms with van der Waals surface area (Å²) >= 11 is 0. The maximum absolute atomic E-state index is 13.5. The number of H-pyrrole nitrogens is 1. The molecule has 0 radical (unpaired) electrons. The molecule has 0 spiro atoms. The molecule has 5 nitrogen and oxygen atoms in total. The Kier molecular flexibility index (Phi) is 4.08. The Hall–Kier alpha value is -3.28. The molecule has 4 aromatic rings. The summed E-state index contributed by atoms with van der Waals surface area (Å²) < 4.78 is 13.5. The average molecular weight is 347 g/mol. The summed E-state index contributed by atoms with van der Waals surface area (Å²) in [6.45, 7) is 2.02. The van der Waals surface area contributed by atoms with Gasteiger partial charge in [-0.1, -0.05) is 18.2 Å². The van der Waals surface area contributed by atoms with Crippen LogP contribution in [0.15, 0.2) is 61.1 Å². The van der Waals surface area contributed by atoms with Crippen LogP contribution in [0.25, 0.3) is 22.2 Å². The first-order valence-electron chi connectivity index (χ1n) is 8.36. The third kappa shape index (κ3) is 3.01. The number of nitrogens with one attached hydrogen (secondary N) is 1. The lowest BCUT2D eigenvalue weighted by molar-refractivity contribution is 0.620. The van der Waals surface area contributed by atoms with E-state index < -0.39 is 0 Å². The summed E-state index contributed by atoms with van der Waals surface area (Å²) in [6.07, 6.45) is 5.37. The fourth-order valence-electron chi connectivity index (χ4n) is 2.95. The lowest BCUT2D eigenvalue weighted by Gasteiger charge is -2.26. The van der Waals surface area contributed by atoms with Gasteiger partial charge in [0.2, 0.25) is 0 Å². The molecule has 0 fully saturated rings. The van der Waals surface area contributed by atoms with Gasteiger partial charge in [-0.25, -0.2) is 9.37 Å². The van der Waals surface area contributed by atoms with Gasteiger partial charge in [0, 0.05) is 18.8 Å². The van der Waals surface area contributed by atoms with Crippen LogP contribution < -0.4 is 4.90 Å². The largest absolute Gasteiger partial charge is 0.352 e. The first kappa shape index (κ1) is 16.2. The normalized spacial score (nSPS) is 12.3. The number of fused-ring (bicyclic) bond motifs is 1. The minimum atomic E-state index is -0.237. The van der Waals surface area contributed by atoms with Crippen molar-refractivity contribution in [3.63, 3.8) is 0 Å². The average Bonchev–Trinajstić information content (AvgIpc) is 3.21. The smallest absolute Gasteiger partial charge is 0.148 e. The molecular weight excluding hydrogens is 329 g/mol. The quantitative estimate of drug-likeness (QED) is 0.596. The third-order valence-electron chi connectivity index (χ3n) is 4.63. The van der Waals surface area contributed by atoms with E-state index in [2.05, 4.69) is 15.2 Å². The first-order chi connectivity index (χ1) is 12.6. The Morgan fingerprint density at radius 3 is 2.69 bits per heavy atom. The van der Waals surface area contributed by atoms with Crippen molar-refractivity contribution in [3.8, 4) is 11.1 Å². The Balaban J connectivity index is 1.65. The van der Waals surface area contributed by atoms with Crippen LogP contribution in [0.4, 0.5) is 10.2 Å². The number of aromatic amines is 1. The summed E-state index contributed by atoms with van der Waals surface area (Å²) in [5.74, 6) is 0.504. The highest BCUT2D eigenvalue weighted by molar-refractivity contribution is 5.82. The molecule has 1 atom stereocenters. The molecule has 0 amide bonds. The number of hydrogen-bond donors (Lipinski definition) is 1. The highest BCUT2D eigenvalue weighted by atomic mass is 19.1. The van der Waals surface area contributed by atoms with Gasteiger partial charge in [-0.15, -0.1) is 0 Å². The zero-order valence-corrected chi connectivity index (χ0v) is 14.5. The summed E-state index contributed by atoms with van der Waals surface area (Å²) in [7, 11) is 1.94. The maximum Gasteiger partial charge on any atom is 0.148 e. The Bertz CT molecular complexity index is 1050. The predicted octanol–water partition coefficient (Wildman–Crippen LogP) is 4.36. The van der Waals surface area contributed by atoms with Crippen LogP contribution in [0.2, 0.25) is 0 Å². The van der Waals surface area contributed by atoms with Gasteiger partial charge >= 0.3 is 0 Å². The second-order valence-electron chi connectivity index (χ2n) is 6.26. The second-order valence-corrected chi connectivity index (χ2v) is 6.26. The molecule has 0 saturated heterocycles. The molecule has 0 saturated carbocycles. The monoisotopic (exact) mass is 347 g/mol. The van der Waals surface area contributed by atoms with E-state index in [1.165, 1.54) is 6.07 Å². The Morgan fingerprint density at radius 2 is 1.92 bits per heavy atom. The van der Waals surface area contributed by atoms with Crippen molar-refractivity contribution in [2.75, 3.05) is 11.9 Å². The van der Waals surface area contributed by atoms with Gasteiger partial charge in [0.05, 0.1) is 29.5 Å². The van der Waals surface area contributed by atoms with Crippen LogP contribution >= 0.6 is 0 Å². The Labute approximate surface area is 150 Å². The van der Waals surface area contributed by atoms with E-state index >= 15 is 0 Å². The molecule has 0 aliphatic rings. The Morgan fingerprint density at radius 1 is 1.04 bits per heavy atom. The molecular formula is C20H18FN5. The van der Waals surface area contributed by atoms with Gasteiger partial charge in [-0.05, 0) is 42.3 Å². The molecule has 2 heterocycles. The van der Waals surface area contributed by atoms with Crippen LogP contribution in [-0.2, 0) is 0 Å². The van der Waals surface area contributed by atoms with Crippen LogP contribution in [0, 0.1) is 5.82 Å². The van der Waals surface area contributed by atoms with Gasteiger partial charge in [-0.3, -0.25) is 10.1 Å². The zero-order valence-electron chi connectivity index (χ0n) is 14.5. The van der Waals surface area contributed by atoms with Crippen LogP contribution in [0.5, 0.6) is 0 Å². The number of aromatic nitrogens is 4. The summed E-state index contributed by atoms with van der Waals surface area (Å²) in [4.78, 5) is 11.3. The fourth-order valence-corrected chi connectivity index (χ4v) is 2.95. The van der Waals surface area contributed by atoms with E-state index in [1.54, 1.807) is 24.5 Å². The topological polar surface area (TPSA) is 57.7 Å². The molecule has 0 aliphatic carbocycles. The summed E-state index contributed by atoms with van der Waals surface area (Å²) in [5.41, 5.74) is 4.57. The van der Waals surface area contributed by atoms with E-state index in [0.717, 1.165) is 33.5 Å². The van der Waals surface area contributed by atoms with Crippen molar-refractivity contribution in [1.29, 1.82) is 0 Å². The fraction of sp³-hybridized carbons (Fsp3) is 0.150. The molecule has 4 rings (SSSR count). The second kappa shape index (κ2) is 6.55. The SMILES string of the molecule is C[C@@H](c1cccc(F)c1)N(C)c1cnc2cc(-c3cn[nH]c3)ccc2n1. The molecule has 2 aromatic carbocycles. The van der Waals surface area contributed by atoms with Gasteiger partial charge in [0.1, 0.15) is 11.6 Å². The number of benzene rings is 2. The van der Waals surface area contributed by atoms with E-state index in [4.69, 9.17) is 4.98 Å². The highest BCUT2D eigenvalue weighted by Crippen LogP contribution is 2.27. The van der Waals surface area contributed by atoms with Crippen LogP contribution in [0.3, 0.4) is 0 Å². The molecule has 26 heavy (non-hydrogen) atoms. The predicted molar refractivity (Wildman–Crippen MR) is 100 cm³/mol. The molecule has 1 N–H and O–H groups in total. The molecule has 0 aliphatic heterocycles. The minimum absolute atomic E-state index is 0.0253. The van der Waals surface area contributed by atoms with Gasteiger partial charge in [0.25, 0.3) is 0 Å². The van der Waals surface area contributed by atoms with Crippen molar-refractivity contribution in [1.82, 2.24) is 20.2 Å². The number of rotatable bonds is 4. The van der Waals surface area contributed by atoms with Crippen molar-refractivity contribution in [3.05, 3.63) is 72.4 Å². The van der Waals surface area contributed by atoms with Crippen molar-refractivity contribution < 1.29 is 4.39 Å². The number of hydrogen-bond acceptors (Lipinski definition) is 4. The summed E-state index contributed by atoms with van der Waals surface area (Å²) in [6, 6.07) is 12.6. The lowest BCUT2D eigenvalue weighted by Crippen LogP contribution is -2.22. The zero-order chi connectivity index (χ0) is 18.1. The standard InChI is InChI=1S/C20H18FN5/c1-13(14-4-3-5-17(21)8-14)26(2)20-12-22-19-9-15(6-7-18(19)25-20)16-10-23-24-11-16/h3-13H,1-2H3,(H,23,24)/t13-/m0/s1. The lowest BCUT2D eigenvalue weighted by atomic mass is 10.1. The molecule has 0 unspecified atom stereocenters. The highest BCUT2D eigenvalue weighted by Gasteiger charge is 2.15. The van der Waals surface area contributed by atoms with Crippen molar-refractivity contribution >= 4 is 16.9 Å². The molecule has 0 bridgehead atoms. The van der Waals surface area contributed by atoms with Crippen molar-refractivity contribution in [2.45, 2.75) is 13.0 Å². The van der Waals surface area contributed by atoms with Gasteiger partial charge in [-0.2, -0.15) is 5.10 Å². The van der Waals surface area contributed by atoms with Crippen LogP contribution in [0.1, 0.15) is 18.5 Å². The number of halogens is 1. The van der Waals surface area contributed by atoms with E-state index in [9.17, 15) is 4.39 Å². The van der Waals surface area contributed by atoms with E-state index in [-0.39, 0.29) is 11.9 Å². The molecule has 130 valence electrons. The third-order valence-corrected chi connectivity index (χ3v) is 4.63. The molecule has 6 heteroatoms. The molecule has 2 aromatic heterocycles. The maximum atomic E-state index is 13.5. The van der Waals surface area contributed by atoms with Gasteiger partial charge in [0.15, 0.2) is 0 Å². The van der Waals surface area contributed by atoms with Gasteiger partial charge < -0.3 is 4.90 Å². The first-order valence-corrected chi connectivity index (χ1v) is 8.36. The summed E-state index contributed by atoms with van der Waals surface area (Å²) in [5, 5.41) is 6.79. The van der Waals surface area contributed by atoms with Crippen molar-refractivity contribution in [2.24, 2.45) is 0 Å². The minimum Gasteiger partial charge on any atom is -0.352 e. The number of anilines is 1. The van der Waals surface area contributed by atoms with E-state index in [0.29, 0.717) is 0 Å². The van der Waals surface area contributed by atoms with E-state index in [1.807, 2.05) is 49.3 Å². The number of nitrogens with zero attached hydrogens (tertiary/aromatic N) is 4. The van der Waals surface area contributed by atoms with Crippen LogP contribution in [-0.4, -0.2) is 27.2 Å².